The van der Waals surface area contributed by atoms with Gasteiger partial charge in [0, 0.05) is 18.4 Å². The minimum Gasteiger partial charge on any atom is -0.299 e. The molecule has 2 aliphatic rings. The standard InChI is InChI=1S/C16H22BrN/c17-11-15-6-7-16(10-15)8-9-18(13-16)12-14-4-2-1-3-5-14/h1-5,15H,6-13H2/t15-,16-/m1/s1. The molecular weight excluding hydrogens is 286 g/mol. The summed E-state index contributed by atoms with van der Waals surface area (Å²) in [4.78, 5) is 2.66. The molecular formula is C16H22BrN. The van der Waals surface area contributed by atoms with Crippen LogP contribution in [-0.2, 0) is 6.54 Å². The Hall–Kier alpha value is -0.340. The van der Waals surface area contributed by atoms with Crippen LogP contribution in [0, 0.1) is 11.3 Å². The van der Waals surface area contributed by atoms with Gasteiger partial charge in [-0.3, -0.25) is 4.90 Å². The summed E-state index contributed by atoms with van der Waals surface area (Å²) in [6, 6.07) is 10.9. The molecule has 0 aromatic heterocycles. The van der Waals surface area contributed by atoms with E-state index in [1.807, 2.05) is 0 Å². The van der Waals surface area contributed by atoms with E-state index >= 15 is 0 Å². The average molecular weight is 308 g/mol. The Morgan fingerprint density at radius 2 is 2.06 bits per heavy atom. The van der Waals surface area contributed by atoms with Gasteiger partial charge in [-0.05, 0) is 49.1 Å². The molecule has 0 N–H and O–H groups in total. The molecule has 2 atom stereocenters. The smallest absolute Gasteiger partial charge is 0.0233 e. The molecule has 0 radical (unpaired) electrons. The lowest BCUT2D eigenvalue weighted by Crippen LogP contribution is -2.25. The SMILES string of the molecule is BrC[C@@H]1CC[C@@]2(CCN(Cc3ccccc3)C2)C1. The Morgan fingerprint density at radius 3 is 2.78 bits per heavy atom. The molecule has 1 spiro atoms. The van der Waals surface area contributed by atoms with Gasteiger partial charge in [-0.2, -0.15) is 0 Å². The van der Waals surface area contributed by atoms with Crippen molar-refractivity contribution in [2.75, 3.05) is 18.4 Å². The van der Waals surface area contributed by atoms with Crippen molar-refractivity contribution in [2.24, 2.45) is 11.3 Å². The van der Waals surface area contributed by atoms with Crippen LogP contribution in [0.1, 0.15) is 31.2 Å². The van der Waals surface area contributed by atoms with Gasteiger partial charge < -0.3 is 0 Å². The van der Waals surface area contributed by atoms with Crippen molar-refractivity contribution in [3.8, 4) is 0 Å². The van der Waals surface area contributed by atoms with Gasteiger partial charge in [0.15, 0.2) is 0 Å². The Labute approximate surface area is 119 Å². The summed E-state index contributed by atoms with van der Waals surface area (Å²) in [6.07, 6.45) is 5.76. The van der Waals surface area contributed by atoms with Crippen molar-refractivity contribution in [3.63, 3.8) is 0 Å². The van der Waals surface area contributed by atoms with E-state index in [1.165, 1.54) is 49.7 Å². The highest BCUT2D eigenvalue weighted by molar-refractivity contribution is 9.09. The van der Waals surface area contributed by atoms with E-state index in [0.29, 0.717) is 5.41 Å². The normalized spacial score (nSPS) is 32.4. The highest BCUT2D eigenvalue weighted by atomic mass is 79.9. The van der Waals surface area contributed by atoms with E-state index in [2.05, 4.69) is 51.2 Å². The van der Waals surface area contributed by atoms with Crippen molar-refractivity contribution in [1.82, 2.24) is 4.90 Å². The minimum atomic E-state index is 0.660. The first-order valence-electron chi connectivity index (χ1n) is 7.12. The lowest BCUT2D eigenvalue weighted by molar-refractivity contribution is 0.251. The number of benzene rings is 1. The summed E-state index contributed by atoms with van der Waals surface area (Å²) in [5.41, 5.74) is 2.12. The summed E-state index contributed by atoms with van der Waals surface area (Å²) < 4.78 is 0. The molecule has 1 saturated heterocycles. The zero-order chi connectivity index (χ0) is 12.4. The molecule has 1 aromatic carbocycles. The molecule has 18 heavy (non-hydrogen) atoms. The maximum atomic E-state index is 3.66. The maximum absolute atomic E-state index is 3.66. The first kappa shape index (κ1) is 12.7. The topological polar surface area (TPSA) is 3.24 Å². The van der Waals surface area contributed by atoms with Crippen LogP contribution in [0.3, 0.4) is 0 Å². The van der Waals surface area contributed by atoms with Crippen LogP contribution in [0.5, 0.6) is 0 Å². The first-order valence-corrected chi connectivity index (χ1v) is 8.24. The second-order valence-electron chi connectivity index (χ2n) is 6.21. The maximum Gasteiger partial charge on any atom is 0.0233 e. The van der Waals surface area contributed by atoms with Crippen LogP contribution in [0.25, 0.3) is 0 Å². The second-order valence-corrected chi connectivity index (χ2v) is 6.86. The van der Waals surface area contributed by atoms with Crippen LogP contribution in [0.15, 0.2) is 30.3 Å². The largest absolute Gasteiger partial charge is 0.299 e. The van der Waals surface area contributed by atoms with E-state index in [4.69, 9.17) is 0 Å². The number of hydrogen-bond donors (Lipinski definition) is 0. The van der Waals surface area contributed by atoms with Crippen LogP contribution in [-0.4, -0.2) is 23.3 Å². The first-order chi connectivity index (χ1) is 8.80. The van der Waals surface area contributed by atoms with Gasteiger partial charge in [0.2, 0.25) is 0 Å². The molecule has 1 aliphatic heterocycles. The van der Waals surface area contributed by atoms with Gasteiger partial charge >= 0.3 is 0 Å². The number of likely N-dealkylation sites (tertiary alicyclic amines) is 1. The number of halogens is 1. The molecule has 1 aromatic rings. The second kappa shape index (κ2) is 5.34. The van der Waals surface area contributed by atoms with Gasteiger partial charge in [0.25, 0.3) is 0 Å². The Bertz CT molecular complexity index is 391. The summed E-state index contributed by atoms with van der Waals surface area (Å²) in [5.74, 6) is 0.932. The molecule has 1 nitrogen and oxygen atoms in total. The third-order valence-electron chi connectivity index (χ3n) is 4.79. The summed E-state index contributed by atoms with van der Waals surface area (Å²) in [5, 5.41) is 1.20. The van der Waals surface area contributed by atoms with Gasteiger partial charge in [-0.1, -0.05) is 46.3 Å². The molecule has 1 saturated carbocycles. The van der Waals surface area contributed by atoms with Crippen molar-refractivity contribution < 1.29 is 0 Å². The number of nitrogens with zero attached hydrogens (tertiary/aromatic N) is 1. The highest BCUT2D eigenvalue weighted by Crippen LogP contribution is 2.48. The fourth-order valence-electron chi connectivity index (χ4n) is 3.83. The molecule has 2 heteroatoms. The van der Waals surface area contributed by atoms with E-state index in [0.717, 1.165) is 12.5 Å². The molecule has 1 heterocycles. The fraction of sp³-hybridized carbons (Fsp3) is 0.625. The molecule has 0 amide bonds. The van der Waals surface area contributed by atoms with E-state index in [-0.39, 0.29) is 0 Å². The predicted octanol–water partition coefficient (Wildman–Crippen LogP) is 4.07. The summed E-state index contributed by atoms with van der Waals surface area (Å²) in [7, 11) is 0. The zero-order valence-electron chi connectivity index (χ0n) is 10.9. The van der Waals surface area contributed by atoms with Crippen molar-refractivity contribution in [2.45, 2.75) is 32.2 Å². The van der Waals surface area contributed by atoms with Crippen molar-refractivity contribution in [3.05, 3.63) is 35.9 Å². The van der Waals surface area contributed by atoms with Crippen molar-refractivity contribution in [1.29, 1.82) is 0 Å². The fourth-order valence-corrected chi connectivity index (χ4v) is 4.39. The number of rotatable bonds is 3. The quantitative estimate of drug-likeness (QED) is 0.761. The van der Waals surface area contributed by atoms with Gasteiger partial charge in [-0.25, -0.2) is 0 Å². The lowest BCUT2D eigenvalue weighted by Gasteiger charge is -2.24. The van der Waals surface area contributed by atoms with Gasteiger partial charge in [0.1, 0.15) is 0 Å². The van der Waals surface area contributed by atoms with Crippen LogP contribution in [0.4, 0.5) is 0 Å². The predicted molar refractivity (Wildman–Crippen MR) is 79.9 cm³/mol. The number of alkyl halides is 1. The van der Waals surface area contributed by atoms with Crippen molar-refractivity contribution >= 4 is 15.9 Å². The molecule has 0 unspecified atom stereocenters. The molecule has 2 fully saturated rings. The lowest BCUT2D eigenvalue weighted by atomic mass is 9.85. The van der Waals surface area contributed by atoms with Crippen LogP contribution >= 0.6 is 15.9 Å². The summed E-state index contributed by atoms with van der Waals surface area (Å²) >= 11 is 3.66. The van der Waals surface area contributed by atoms with Gasteiger partial charge in [0.05, 0.1) is 0 Å². The molecule has 3 rings (SSSR count). The molecule has 1 aliphatic carbocycles. The van der Waals surface area contributed by atoms with E-state index < -0.39 is 0 Å². The Balaban J connectivity index is 1.59. The Kier molecular flexibility index (Phi) is 3.76. The molecule has 0 bridgehead atoms. The monoisotopic (exact) mass is 307 g/mol. The summed E-state index contributed by atoms with van der Waals surface area (Å²) in [6.45, 7) is 3.76. The number of hydrogen-bond acceptors (Lipinski definition) is 1. The van der Waals surface area contributed by atoms with E-state index in [9.17, 15) is 0 Å². The third-order valence-corrected chi connectivity index (χ3v) is 5.70. The third kappa shape index (κ3) is 2.65. The minimum absolute atomic E-state index is 0.660. The molecule has 98 valence electrons. The van der Waals surface area contributed by atoms with Crippen LogP contribution in [0.2, 0.25) is 0 Å². The van der Waals surface area contributed by atoms with Crippen LogP contribution < -0.4 is 0 Å². The van der Waals surface area contributed by atoms with Gasteiger partial charge in [-0.15, -0.1) is 0 Å². The zero-order valence-corrected chi connectivity index (χ0v) is 12.5. The van der Waals surface area contributed by atoms with E-state index in [1.54, 1.807) is 0 Å². The highest BCUT2D eigenvalue weighted by Gasteiger charge is 2.43. The average Bonchev–Trinajstić information content (AvgIpc) is 2.99. The Morgan fingerprint density at radius 1 is 1.22 bits per heavy atom.